The second kappa shape index (κ2) is 5.48. The van der Waals surface area contributed by atoms with E-state index < -0.39 is 6.10 Å². The summed E-state index contributed by atoms with van der Waals surface area (Å²) in [4.78, 5) is 0. The number of nitrogens with one attached hydrogen (secondary N) is 1. The van der Waals surface area contributed by atoms with Crippen LogP contribution in [0.1, 0.15) is 47.0 Å². The molecule has 96 valence electrons. The van der Waals surface area contributed by atoms with Crippen molar-refractivity contribution < 1.29 is 9.84 Å². The predicted molar refractivity (Wildman–Crippen MR) is 66.5 cm³/mol. The first-order valence-electron chi connectivity index (χ1n) is 6.34. The fourth-order valence-electron chi connectivity index (χ4n) is 1.90. The molecule has 0 saturated heterocycles. The van der Waals surface area contributed by atoms with Crippen LogP contribution in [0.5, 0.6) is 0 Å². The van der Waals surface area contributed by atoms with Crippen molar-refractivity contribution in [3.8, 4) is 0 Å². The summed E-state index contributed by atoms with van der Waals surface area (Å²) in [6, 6.07) is 0. The summed E-state index contributed by atoms with van der Waals surface area (Å²) in [5, 5.41) is 13.0. The van der Waals surface area contributed by atoms with Crippen LogP contribution in [0.25, 0.3) is 0 Å². The zero-order valence-corrected chi connectivity index (χ0v) is 11.2. The minimum atomic E-state index is -0.400. The zero-order chi connectivity index (χ0) is 12.2. The third-order valence-electron chi connectivity index (χ3n) is 3.20. The first-order chi connectivity index (χ1) is 7.31. The van der Waals surface area contributed by atoms with E-state index in [9.17, 15) is 5.11 Å². The molecule has 0 radical (unpaired) electrons. The van der Waals surface area contributed by atoms with Crippen LogP contribution < -0.4 is 5.32 Å². The Hall–Kier alpha value is -0.120. The molecule has 1 saturated carbocycles. The lowest BCUT2D eigenvalue weighted by Crippen LogP contribution is -2.41. The Morgan fingerprint density at radius 1 is 1.38 bits per heavy atom. The third-order valence-corrected chi connectivity index (χ3v) is 3.20. The van der Waals surface area contributed by atoms with Gasteiger partial charge in [-0.25, -0.2) is 0 Å². The second-order valence-electron chi connectivity index (χ2n) is 6.37. The smallest absolute Gasteiger partial charge is 0.0897 e. The molecule has 2 N–H and O–H groups in total. The van der Waals surface area contributed by atoms with Gasteiger partial charge in [0.15, 0.2) is 0 Å². The topological polar surface area (TPSA) is 41.5 Å². The average molecular weight is 229 g/mol. The Kier molecular flexibility index (Phi) is 4.77. The lowest BCUT2D eigenvalue weighted by molar-refractivity contribution is -0.0485. The Morgan fingerprint density at radius 3 is 2.44 bits per heavy atom. The first kappa shape index (κ1) is 13.9. The molecule has 1 aliphatic rings. The van der Waals surface area contributed by atoms with Gasteiger partial charge in [0.05, 0.1) is 18.3 Å². The number of hydrogen-bond acceptors (Lipinski definition) is 3. The van der Waals surface area contributed by atoms with Crippen LogP contribution in [0.2, 0.25) is 0 Å². The molecule has 1 aliphatic carbocycles. The van der Waals surface area contributed by atoms with Gasteiger partial charge in [0.25, 0.3) is 0 Å². The van der Waals surface area contributed by atoms with Gasteiger partial charge in [-0.2, -0.15) is 0 Å². The molecule has 0 aromatic carbocycles. The van der Waals surface area contributed by atoms with Crippen LogP contribution in [0.3, 0.4) is 0 Å². The maximum atomic E-state index is 9.71. The van der Waals surface area contributed by atoms with E-state index in [-0.39, 0.29) is 5.60 Å². The normalized spacial score (nSPS) is 21.6. The van der Waals surface area contributed by atoms with E-state index in [0.29, 0.717) is 18.6 Å². The van der Waals surface area contributed by atoms with Crippen LogP contribution in [-0.2, 0) is 4.74 Å². The van der Waals surface area contributed by atoms with E-state index in [1.54, 1.807) is 0 Å². The van der Waals surface area contributed by atoms with Gasteiger partial charge < -0.3 is 15.2 Å². The summed E-state index contributed by atoms with van der Waals surface area (Å²) in [6.45, 7) is 10.4. The number of ether oxygens (including phenoxy) is 1. The Morgan fingerprint density at radius 2 is 2.00 bits per heavy atom. The van der Waals surface area contributed by atoms with E-state index >= 15 is 0 Å². The van der Waals surface area contributed by atoms with E-state index in [2.05, 4.69) is 12.2 Å². The van der Waals surface area contributed by atoms with Crippen molar-refractivity contribution in [1.29, 1.82) is 0 Å². The molecule has 0 spiro atoms. The largest absolute Gasteiger partial charge is 0.389 e. The molecule has 0 aromatic heterocycles. The maximum absolute atomic E-state index is 9.71. The molecule has 1 atom stereocenters. The van der Waals surface area contributed by atoms with Crippen LogP contribution in [0.15, 0.2) is 0 Å². The van der Waals surface area contributed by atoms with Crippen LogP contribution in [0.4, 0.5) is 0 Å². The van der Waals surface area contributed by atoms with Crippen LogP contribution >= 0.6 is 0 Å². The summed E-state index contributed by atoms with van der Waals surface area (Å²) < 4.78 is 5.52. The quantitative estimate of drug-likeness (QED) is 0.731. The van der Waals surface area contributed by atoms with E-state index in [1.807, 2.05) is 20.8 Å². The summed E-state index contributed by atoms with van der Waals surface area (Å²) in [5.74, 6) is 0. The highest BCUT2D eigenvalue weighted by Crippen LogP contribution is 2.39. The number of aliphatic hydroxyl groups excluding tert-OH is 1. The molecule has 0 bridgehead atoms. The van der Waals surface area contributed by atoms with Gasteiger partial charge in [-0.05, 0) is 39.0 Å². The summed E-state index contributed by atoms with van der Waals surface area (Å²) in [5.41, 5.74) is 0.311. The second-order valence-corrected chi connectivity index (χ2v) is 6.37. The molecule has 1 unspecified atom stereocenters. The highest BCUT2D eigenvalue weighted by molar-refractivity contribution is 4.85. The molecule has 0 amide bonds. The minimum Gasteiger partial charge on any atom is -0.389 e. The molecule has 3 nitrogen and oxygen atoms in total. The van der Waals surface area contributed by atoms with E-state index in [4.69, 9.17) is 4.74 Å². The van der Waals surface area contributed by atoms with Crippen LogP contribution in [-0.4, -0.2) is 36.5 Å². The fraction of sp³-hybridized carbons (Fsp3) is 1.00. The zero-order valence-electron chi connectivity index (χ0n) is 11.2. The maximum Gasteiger partial charge on any atom is 0.0897 e. The number of aliphatic hydroxyl groups is 1. The summed E-state index contributed by atoms with van der Waals surface area (Å²) >= 11 is 0. The van der Waals surface area contributed by atoms with Gasteiger partial charge in [0.1, 0.15) is 0 Å². The highest BCUT2D eigenvalue weighted by Gasteiger charge is 2.31. The summed E-state index contributed by atoms with van der Waals surface area (Å²) in [7, 11) is 0. The van der Waals surface area contributed by atoms with Crippen molar-refractivity contribution >= 4 is 0 Å². The standard InChI is InChI=1S/C13H27NO2/c1-12(2,3)16-9-11(15)8-14-10-13(4)6-5-7-13/h11,14-15H,5-10H2,1-4H3. The lowest BCUT2D eigenvalue weighted by Gasteiger charge is -2.38. The monoisotopic (exact) mass is 229 g/mol. The van der Waals surface area contributed by atoms with Crippen molar-refractivity contribution in [3.63, 3.8) is 0 Å². The SMILES string of the molecule is CC1(CNCC(O)COC(C)(C)C)CCC1. The van der Waals surface area contributed by atoms with Gasteiger partial charge in [0, 0.05) is 13.1 Å². The van der Waals surface area contributed by atoms with Crippen molar-refractivity contribution in [2.45, 2.75) is 58.7 Å². The average Bonchev–Trinajstić information content (AvgIpc) is 2.11. The van der Waals surface area contributed by atoms with E-state index in [0.717, 1.165) is 6.54 Å². The van der Waals surface area contributed by atoms with Gasteiger partial charge in [-0.15, -0.1) is 0 Å². The summed E-state index contributed by atoms with van der Waals surface area (Å²) in [6.07, 6.45) is 3.58. The molecular weight excluding hydrogens is 202 g/mol. The molecule has 16 heavy (non-hydrogen) atoms. The Labute approximate surface area is 99.6 Å². The van der Waals surface area contributed by atoms with Gasteiger partial charge in [0.2, 0.25) is 0 Å². The third kappa shape index (κ3) is 5.28. The molecule has 1 fully saturated rings. The molecule has 0 aliphatic heterocycles. The molecule has 0 heterocycles. The highest BCUT2D eigenvalue weighted by atomic mass is 16.5. The number of rotatable bonds is 6. The fourth-order valence-corrected chi connectivity index (χ4v) is 1.90. The van der Waals surface area contributed by atoms with Crippen molar-refractivity contribution in [1.82, 2.24) is 5.32 Å². The Bertz CT molecular complexity index is 206. The van der Waals surface area contributed by atoms with Crippen molar-refractivity contribution in [3.05, 3.63) is 0 Å². The lowest BCUT2D eigenvalue weighted by atomic mass is 9.70. The van der Waals surface area contributed by atoms with Gasteiger partial charge in [-0.1, -0.05) is 13.3 Å². The first-order valence-corrected chi connectivity index (χ1v) is 6.34. The van der Waals surface area contributed by atoms with Crippen molar-refractivity contribution in [2.24, 2.45) is 5.41 Å². The molecule has 1 rings (SSSR count). The molecule has 0 aromatic rings. The van der Waals surface area contributed by atoms with Crippen LogP contribution in [0, 0.1) is 5.41 Å². The van der Waals surface area contributed by atoms with Gasteiger partial charge >= 0.3 is 0 Å². The van der Waals surface area contributed by atoms with Crippen molar-refractivity contribution in [2.75, 3.05) is 19.7 Å². The Balaban J connectivity index is 2.04. The van der Waals surface area contributed by atoms with Gasteiger partial charge in [-0.3, -0.25) is 0 Å². The van der Waals surface area contributed by atoms with E-state index in [1.165, 1.54) is 19.3 Å². The predicted octanol–water partition coefficient (Wildman–Crippen LogP) is 1.94. The molecule has 3 heteroatoms. The number of hydrogen-bond donors (Lipinski definition) is 2. The molecular formula is C13H27NO2. The minimum absolute atomic E-state index is 0.166.